The van der Waals surface area contributed by atoms with Crippen LogP contribution >= 0.6 is 12.4 Å². The van der Waals surface area contributed by atoms with Crippen molar-refractivity contribution in [2.75, 3.05) is 14.1 Å². The lowest BCUT2D eigenvalue weighted by Gasteiger charge is -2.12. The summed E-state index contributed by atoms with van der Waals surface area (Å²) in [6, 6.07) is 1.81. The molecule has 0 spiro atoms. The Labute approximate surface area is 106 Å². The van der Waals surface area contributed by atoms with Crippen LogP contribution in [-0.2, 0) is 9.59 Å². The third kappa shape index (κ3) is 6.98. The molecule has 0 bridgehead atoms. The number of primary amides is 2. The smallest absolute Gasteiger partial charge is 0.264 e. The van der Waals surface area contributed by atoms with Crippen LogP contribution < -0.4 is 11.5 Å². The van der Waals surface area contributed by atoms with Gasteiger partial charge in [-0.15, -0.1) is 12.4 Å². The molecule has 0 atom stereocenters. The van der Waals surface area contributed by atoms with E-state index >= 15 is 0 Å². The lowest BCUT2D eigenvalue weighted by Crippen LogP contribution is -2.25. The molecule has 6 nitrogen and oxygen atoms in total. The molecular weight excluding hydrogens is 244 g/mol. The summed E-state index contributed by atoms with van der Waals surface area (Å²) >= 11 is 0. The van der Waals surface area contributed by atoms with Gasteiger partial charge in [-0.1, -0.05) is 0 Å². The van der Waals surface area contributed by atoms with Crippen molar-refractivity contribution in [2.45, 2.75) is 6.42 Å². The number of nitriles is 1. The highest BCUT2D eigenvalue weighted by Gasteiger charge is 2.06. The minimum Gasteiger partial charge on any atom is -0.373 e. The zero-order valence-corrected chi connectivity index (χ0v) is 10.5. The van der Waals surface area contributed by atoms with Crippen LogP contribution in [0.15, 0.2) is 23.4 Å². The maximum atomic E-state index is 11.0. The van der Waals surface area contributed by atoms with E-state index in [0.717, 1.165) is 0 Å². The fourth-order valence-electron chi connectivity index (χ4n) is 0.955. The molecule has 0 aliphatic carbocycles. The molecule has 0 aromatic carbocycles. The molecule has 0 aliphatic rings. The molecule has 0 unspecified atom stereocenters. The lowest BCUT2D eigenvalue weighted by atomic mass is 10.2. The summed E-state index contributed by atoms with van der Waals surface area (Å²) in [4.78, 5) is 23.1. The van der Waals surface area contributed by atoms with Crippen molar-refractivity contribution in [1.29, 1.82) is 5.26 Å². The van der Waals surface area contributed by atoms with Crippen LogP contribution in [0.2, 0.25) is 0 Å². The van der Waals surface area contributed by atoms with Gasteiger partial charge in [-0.3, -0.25) is 9.59 Å². The SMILES string of the molecule is CN(C)C(=CC=C(C#N)CC(N)=O)C(N)=O.Cl. The molecule has 0 aromatic rings. The largest absolute Gasteiger partial charge is 0.373 e. The highest BCUT2D eigenvalue weighted by Crippen LogP contribution is 2.03. The van der Waals surface area contributed by atoms with E-state index in [1.165, 1.54) is 17.1 Å². The highest BCUT2D eigenvalue weighted by molar-refractivity contribution is 5.91. The van der Waals surface area contributed by atoms with E-state index in [2.05, 4.69) is 0 Å². The summed E-state index contributed by atoms with van der Waals surface area (Å²) in [7, 11) is 3.29. The molecule has 94 valence electrons. The van der Waals surface area contributed by atoms with Gasteiger partial charge in [0.2, 0.25) is 5.91 Å². The van der Waals surface area contributed by atoms with Crippen LogP contribution in [0.1, 0.15) is 6.42 Å². The number of hydrogen-bond acceptors (Lipinski definition) is 4. The first kappa shape index (κ1) is 17.4. The molecule has 2 amide bonds. The molecule has 0 saturated heterocycles. The molecule has 0 saturated carbocycles. The number of likely N-dealkylation sites (N-methyl/N-ethyl adjacent to an activating group) is 1. The number of rotatable bonds is 5. The molecule has 7 heteroatoms. The highest BCUT2D eigenvalue weighted by atomic mass is 35.5. The normalized spacial score (nSPS) is 11.1. The number of nitrogens with two attached hydrogens (primary N) is 2. The monoisotopic (exact) mass is 258 g/mol. The zero-order chi connectivity index (χ0) is 12.7. The van der Waals surface area contributed by atoms with Crippen LogP contribution in [0.3, 0.4) is 0 Å². The van der Waals surface area contributed by atoms with Crippen molar-refractivity contribution in [1.82, 2.24) is 4.90 Å². The Kier molecular flexibility index (Phi) is 8.38. The predicted octanol–water partition coefficient (Wildman–Crippen LogP) is -0.336. The molecular formula is C10H15ClN4O2. The standard InChI is InChI=1S/C10H14N4O2.ClH/c1-14(2)8(10(13)16)4-3-7(6-11)5-9(12)15;/h3-4H,5H2,1-2H3,(H2,12,15)(H2,13,16);1H. The van der Waals surface area contributed by atoms with Gasteiger partial charge in [-0.05, 0) is 12.2 Å². The Hall–Kier alpha value is -2.00. The number of carbonyl (C=O) groups is 2. The molecule has 0 rings (SSSR count). The van der Waals surface area contributed by atoms with Crippen LogP contribution in [0.4, 0.5) is 0 Å². The summed E-state index contributed by atoms with van der Waals surface area (Å²) in [6.07, 6.45) is 2.57. The van der Waals surface area contributed by atoms with Gasteiger partial charge in [-0.25, -0.2) is 0 Å². The molecule has 0 aromatic heterocycles. The summed E-state index contributed by atoms with van der Waals surface area (Å²) in [6.45, 7) is 0. The molecule has 0 fully saturated rings. The van der Waals surface area contributed by atoms with E-state index in [0.29, 0.717) is 0 Å². The van der Waals surface area contributed by atoms with E-state index in [1.807, 2.05) is 6.07 Å². The van der Waals surface area contributed by atoms with Crippen LogP contribution in [0.25, 0.3) is 0 Å². The van der Waals surface area contributed by atoms with Crippen molar-refractivity contribution in [3.63, 3.8) is 0 Å². The lowest BCUT2D eigenvalue weighted by molar-refractivity contribution is -0.117. The number of nitrogens with zero attached hydrogens (tertiary/aromatic N) is 2. The quantitative estimate of drug-likeness (QED) is 0.399. The first-order chi connectivity index (χ1) is 7.38. The number of allylic oxidation sites excluding steroid dienone is 2. The average Bonchev–Trinajstić information content (AvgIpc) is 2.14. The number of carbonyl (C=O) groups excluding carboxylic acids is 2. The maximum absolute atomic E-state index is 11.0. The van der Waals surface area contributed by atoms with Gasteiger partial charge in [0, 0.05) is 19.7 Å². The van der Waals surface area contributed by atoms with Crippen LogP contribution in [-0.4, -0.2) is 30.8 Å². The van der Waals surface area contributed by atoms with Crippen molar-refractivity contribution in [3.8, 4) is 6.07 Å². The molecule has 0 heterocycles. The summed E-state index contributed by atoms with van der Waals surface area (Å²) < 4.78 is 0. The predicted molar refractivity (Wildman–Crippen MR) is 65.7 cm³/mol. The summed E-state index contributed by atoms with van der Waals surface area (Å²) in [5.41, 5.74) is 10.5. The number of hydrogen-bond donors (Lipinski definition) is 2. The second-order valence-electron chi connectivity index (χ2n) is 3.26. The van der Waals surface area contributed by atoms with Gasteiger partial charge in [0.1, 0.15) is 5.70 Å². The topological polar surface area (TPSA) is 113 Å². The fraction of sp³-hybridized carbons (Fsp3) is 0.300. The molecule has 0 radical (unpaired) electrons. The second-order valence-corrected chi connectivity index (χ2v) is 3.26. The third-order valence-corrected chi connectivity index (χ3v) is 1.68. The summed E-state index contributed by atoms with van der Waals surface area (Å²) in [5, 5.41) is 8.68. The first-order valence-corrected chi connectivity index (χ1v) is 4.45. The first-order valence-electron chi connectivity index (χ1n) is 4.45. The van der Waals surface area contributed by atoms with Gasteiger partial charge < -0.3 is 16.4 Å². The van der Waals surface area contributed by atoms with Gasteiger partial charge in [0.05, 0.1) is 12.5 Å². The second kappa shape index (κ2) is 8.19. The maximum Gasteiger partial charge on any atom is 0.264 e. The molecule has 0 aliphatic heterocycles. The fourth-order valence-corrected chi connectivity index (χ4v) is 0.955. The van der Waals surface area contributed by atoms with Crippen molar-refractivity contribution < 1.29 is 9.59 Å². The Morgan fingerprint density at radius 1 is 1.29 bits per heavy atom. The van der Waals surface area contributed by atoms with Gasteiger partial charge in [0.15, 0.2) is 0 Å². The van der Waals surface area contributed by atoms with Crippen molar-refractivity contribution in [2.24, 2.45) is 11.5 Å². The van der Waals surface area contributed by atoms with Crippen LogP contribution in [0, 0.1) is 11.3 Å². The molecule has 4 N–H and O–H groups in total. The molecule has 17 heavy (non-hydrogen) atoms. The van der Waals surface area contributed by atoms with Gasteiger partial charge in [-0.2, -0.15) is 5.26 Å². The Balaban J connectivity index is 0. The van der Waals surface area contributed by atoms with E-state index in [1.54, 1.807) is 14.1 Å². The van der Waals surface area contributed by atoms with E-state index in [4.69, 9.17) is 16.7 Å². The third-order valence-electron chi connectivity index (χ3n) is 1.68. The Morgan fingerprint density at radius 2 is 1.82 bits per heavy atom. The van der Waals surface area contributed by atoms with E-state index < -0.39 is 11.8 Å². The number of amides is 2. The van der Waals surface area contributed by atoms with Crippen molar-refractivity contribution in [3.05, 3.63) is 23.4 Å². The Bertz CT molecular complexity index is 394. The minimum atomic E-state index is -0.613. The van der Waals surface area contributed by atoms with E-state index in [-0.39, 0.29) is 30.1 Å². The van der Waals surface area contributed by atoms with E-state index in [9.17, 15) is 9.59 Å². The minimum absolute atomic E-state index is 0. The van der Waals surface area contributed by atoms with Gasteiger partial charge in [0.25, 0.3) is 5.91 Å². The number of halogens is 1. The average molecular weight is 259 g/mol. The van der Waals surface area contributed by atoms with Crippen molar-refractivity contribution >= 4 is 24.2 Å². The Morgan fingerprint density at radius 3 is 2.12 bits per heavy atom. The van der Waals surface area contributed by atoms with Crippen LogP contribution in [0.5, 0.6) is 0 Å². The van der Waals surface area contributed by atoms with Gasteiger partial charge >= 0.3 is 0 Å². The zero-order valence-electron chi connectivity index (χ0n) is 9.64. The summed E-state index contributed by atoms with van der Waals surface area (Å²) in [5.74, 6) is -1.22.